The van der Waals surface area contributed by atoms with E-state index in [1.165, 1.54) is 36.3 Å². The van der Waals surface area contributed by atoms with Gasteiger partial charge in [0.25, 0.3) is 0 Å². The number of benzene rings is 14. The normalized spacial score (nSPS) is 11.1. The molecule has 0 atom stereocenters. The molecule has 584 valence electrons. The molecule has 0 saturated heterocycles. The minimum absolute atomic E-state index is 0.146. The lowest BCUT2D eigenvalue weighted by Gasteiger charge is -2.12. The Morgan fingerprint density at radius 2 is 0.659 bits per heavy atom. The van der Waals surface area contributed by atoms with Crippen LogP contribution in [0.1, 0.15) is 0 Å². The number of pyridine rings is 2. The SMILES string of the molecule is Clc1nc(-c2ccccc2)cc(-c2ccc3sc4cc5ccccc5cc4c3c2)n1.Clc1nc(-c2ccccc2)nc(-c2ccc(-c3cccnc3)cc2)n1.Clc1nc(-c2ccccc2)nc(-c2cccc(-c3nc(-c4ccccc4)c4ccccc4n3)c2)n1.Clc1nc(-c2ccccc2-c2ccccn2)nc(-c2cc3ccccc3c3ccccc23)n1. The molecule has 15 nitrogen and oxygen atoms in total. The summed E-state index contributed by atoms with van der Waals surface area (Å²) in [4.78, 5) is 67.7. The molecule has 0 unspecified atom stereocenters. The lowest BCUT2D eigenvalue weighted by Crippen LogP contribution is -1.99. The largest absolute Gasteiger partial charge is 0.264 e. The molecule has 0 aliphatic rings. The molecule has 0 aliphatic heterocycles. The monoisotopic (exact) mass is 1680 g/mol. The Balaban J connectivity index is 0.000000108. The Bertz CT molecular complexity index is 7620. The smallest absolute Gasteiger partial charge is 0.226 e. The summed E-state index contributed by atoms with van der Waals surface area (Å²) in [6.45, 7) is 0. The molecule has 0 amide bonds. The maximum Gasteiger partial charge on any atom is 0.226 e. The first-order chi connectivity index (χ1) is 60.6. The highest BCUT2D eigenvalue weighted by Crippen LogP contribution is 2.41. The van der Waals surface area contributed by atoms with Crippen molar-refractivity contribution in [3.8, 4) is 136 Å². The van der Waals surface area contributed by atoms with Crippen LogP contribution in [-0.4, -0.2) is 74.8 Å². The fourth-order valence-corrected chi connectivity index (χ4v) is 16.5. The van der Waals surface area contributed by atoms with Crippen molar-refractivity contribution in [3.63, 3.8) is 0 Å². The third-order valence-electron chi connectivity index (χ3n) is 20.6. The van der Waals surface area contributed by atoms with Crippen LogP contribution in [0.15, 0.2) is 383 Å². The standard InChI is InChI=1S/C29H18ClN5.C28H17ClN4.C26H15ClN2S.C20H13ClN4/c30-29-34-26(20-12-5-2-6-13-20)33-28(35-29)22-15-9-14-21(18-22)27-31-24-17-8-7-16-23(24)25(32-27)19-10-3-1-4-11-19;29-28-32-26(23-14-6-5-13-22(23)25-15-7-8-16-30-25)31-27(33-28)24-17-18-9-1-2-10-19(18)20-11-3-4-12-21(20)24;27-26-28-22(16-6-2-1-3-7-16)15-23(29-26)19-10-11-24-20(13-19)21-12-17-8-4-5-9-18(17)14-25(21)30-24;21-20-24-18(15-5-2-1-3-6-15)23-19(25-20)16-10-8-14(9-11-16)17-7-4-12-22-13-17/h1-18H;1-17H;1-15H;1-13H. The molecule has 14 aromatic carbocycles. The van der Waals surface area contributed by atoms with Gasteiger partial charge in [-0.3, -0.25) is 9.97 Å². The summed E-state index contributed by atoms with van der Waals surface area (Å²) in [5.74, 6) is 3.83. The van der Waals surface area contributed by atoms with Crippen molar-refractivity contribution in [3.05, 3.63) is 404 Å². The predicted octanol–water partition coefficient (Wildman–Crippen LogP) is 27.3. The second-order valence-electron chi connectivity index (χ2n) is 28.4. The highest BCUT2D eigenvalue weighted by molar-refractivity contribution is 7.25. The molecule has 22 rings (SSSR count). The van der Waals surface area contributed by atoms with E-state index in [0.29, 0.717) is 40.8 Å². The van der Waals surface area contributed by atoms with Gasteiger partial charge in [-0.2, -0.15) is 29.9 Å². The third kappa shape index (κ3) is 17.3. The van der Waals surface area contributed by atoms with Gasteiger partial charge in [0.05, 0.1) is 28.3 Å². The van der Waals surface area contributed by atoms with Gasteiger partial charge in [0.2, 0.25) is 21.1 Å². The average molecular weight is 1680 g/mol. The Morgan fingerprint density at radius 3 is 1.29 bits per heavy atom. The zero-order valence-electron chi connectivity index (χ0n) is 65.0. The van der Waals surface area contributed by atoms with E-state index in [-0.39, 0.29) is 21.1 Å². The number of nitrogens with zero attached hydrogens (tertiary/aromatic N) is 15. The second kappa shape index (κ2) is 35.5. The Morgan fingerprint density at radius 1 is 0.203 bits per heavy atom. The molecule has 0 radical (unpaired) electrons. The van der Waals surface area contributed by atoms with Gasteiger partial charge < -0.3 is 0 Å². The first-order valence-electron chi connectivity index (χ1n) is 39.2. The summed E-state index contributed by atoms with van der Waals surface area (Å²) in [5, 5.41) is 11.3. The molecule has 22 aromatic rings. The van der Waals surface area contributed by atoms with Gasteiger partial charge >= 0.3 is 0 Å². The third-order valence-corrected chi connectivity index (χ3v) is 22.4. The Hall–Kier alpha value is -15.0. The van der Waals surface area contributed by atoms with Crippen molar-refractivity contribution >= 4 is 121 Å². The molecule has 8 aromatic heterocycles. The molecule has 0 spiro atoms. The van der Waals surface area contributed by atoms with Crippen LogP contribution in [0.2, 0.25) is 21.1 Å². The molecule has 0 N–H and O–H groups in total. The van der Waals surface area contributed by atoms with E-state index < -0.39 is 0 Å². The van der Waals surface area contributed by atoms with Gasteiger partial charge in [-0.15, -0.1) is 11.3 Å². The van der Waals surface area contributed by atoms with E-state index in [4.69, 9.17) is 61.4 Å². The van der Waals surface area contributed by atoms with E-state index in [9.17, 15) is 0 Å². The van der Waals surface area contributed by atoms with Crippen molar-refractivity contribution in [2.45, 2.75) is 0 Å². The van der Waals surface area contributed by atoms with Crippen molar-refractivity contribution < 1.29 is 0 Å². The van der Waals surface area contributed by atoms with Crippen LogP contribution in [0.3, 0.4) is 0 Å². The van der Waals surface area contributed by atoms with Gasteiger partial charge in [0.15, 0.2) is 40.8 Å². The first kappa shape index (κ1) is 77.9. The minimum Gasteiger partial charge on any atom is -0.264 e. The summed E-state index contributed by atoms with van der Waals surface area (Å²) in [6, 6.07) is 122. The molecule has 8 heterocycles. The predicted molar refractivity (Wildman–Crippen MR) is 501 cm³/mol. The van der Waals surface area contributed by atoms with Crippen molar-refractivity contribution in [1.29, 1.82) is 0 Å². The van der Waals surface area contributed by atoms with Gasteiger partial charge in [-0.1, -0.05) is 297 Å². The van der Waals surface area contributed by atoms with Gasteiger partial charge in [0, 0.05) is 105 Å². The number of fused-ring (bicyclic) bond motifs is 8. The van der Waals surface area contributed by atoms with E-state index in [2.05, 4.69) is 169 Å². The summed E-state index contributed by atoms with van der Waals surface area (Å²) >= 11 is 26.9. The highest BCUT2D eigenvalue weighted by Gasteiger charge is 2.21. The maximum atomic E-state index is 6.44. The van der Waals surface area contributed by atoms with Crippen molar-refractivity contribution in [2.24, 2.45) is 0 Å². The van der Waals surface area contributed by atoms with Crippen LogP contribution in [0.4, 0.5) is 0 Å². The number of halogens is 4. The van der Waals surface area contributed by atoms with E-state index in [1.54, 1.807) is 12.4 Å². The fourth-order valence-electron chi connectivity index (χ4n) is 14.8. The van der Waals surface area contributed by atoms with E-state index in [0.717, 1.165) is 122 Å². The van der Waals surface area contributed by atoms with Crippen molar-refractivity contribution in [1.82, 2.24) is 74.8 Å². The number of hydrogen-bond acceptors (Lipinski definition) is 16. The topological polar surface area (TPSA) is 193 Å². The molecule has 0 aliphatic carbocycles. The number of aromatic nitrogens is 15. The summed E-state index contributed by atoms with van der Waals surface area (Å²) in [5.41, 5.74) is 16.6. The van der Waals surface area contributed by atoms with Gasteiger partial charge in [-0.25, -0.2) is 34.9 Å². The molecular weight excluding hydrogens is 1620 g/mol. The first-order valence-corrected chi connectivity index (χ1v) is 41.6. The number of hydrogen-bond donors (Lipinski definition) is 0. The van der Waals surface area contributed by atoms with Crippen LogP contribution in [-0.2, 0) is 0 Å². The van der Waals surface area contributed by atoms with E-state index >= 15 is 0 Å². The van der Waals surface area contributed by atoms with Crippen LogP contribution >= 0.6 is 57.7 Å². The van der Waals surface area contributed by atoms with Crippen LogP contribution < -0.4 is 0 Å². The minimum atomic E-state index is 0.146. The number of para-hydroxylation sites is 1. The number of thiophene rings is 1. The van der Waals surface area contributed by atoms with Crippen LogP contribution in [0.25, 0.3) is 199 Å². The summed E-state index contributed by atoms with van der Waals surface area (Å²) < 4.78 is 2.57. The van der Waals surface area contributed by atoms with Crippen molar-refractivity contribution in [2.75, 3.05) is 0 Å². The molecule has 123 heavy (non-hydrogen) atoms. The second-order valence-corrected chi connectivity index (χ2v) is 30.8. The van der Waals surface area contributed by atoms with E-state index in [1.807, 2.05) is 272 Å². The molecule has 20 heteroatoms. The molecular formula is C103H63Cl4N15S. The van der Waals surface area contributed by atoms with Crippen LogP contribution in [0.5, 0.6) is 0 Å². The zero-order valence-corrected chi connectivity index (χ0v) is 68.8. The summed E-state index contributed by atoms with van der Waals surface area (Å²) in [6.07, 6.45) is 5.37. The quantitative estimate of drug-likeness (QED) is 0.0827. The number of rotatable bonds is 12. The van der Waals surface area contributed by atoms with Gasteiger partial charge in [-0.05, 0) is 157 Å². The lowest BCUT2D eigenvalue weighted by molar-refractivity contribution is 1.07. The van der Waals surface area contributed by atoms with Crippen LogP contribution in [0, 0.1) is 0 Å². The molecule has 0 fully saturated rings. The Kier molecular flexibility index (Phi) is 22.5. The maximum absolute atomic E-state index is 6.44. The summed E-state index contributed by atoms with van der Waals surface area (Å²) in [7, 11) is 0. The lowest BCUT2D eigenvalue weighted by atomic mass is 9.97. The fraction of sp³-hybridized carbons (Fsp3) is 0. The average Bonchev–Trinajstić information content (AvgIpc) is 1.51. The highest BCUT2D eigenvalue weighted by atomic mass is 35.5. The zero-order chi connectivity index (χ0) is 83.0. The molecule has 0 saturated carbocycles. The Labute approximate surface area is 730 Å². The molecule has 0 bridgehead atoms. The van der Waals surface area contributed by atoms with Gasteiger partial charge in [0.1, 0.15) is 0 Å².